The largest absolute Gasteiger partial charge is 0.381 e. The van der Waals surface area contributed by atoms with Crippen molar-refractivity contribution < 1.29 is 19.0 Å². The summed E-state index contributed by atoms with van der Waals surface area (Å²) in [6.07, 6.45) is -1.08. The molecule has 2 unspecified atom stereocenters. The summed E-state index contributed by atoms with van der Waals surface area (Å²) in [5.41, 5.74) is 3.86. The van der Waals surface area contributed by atoms with Gasteiger partial charge in [0, 0.05) is 41.8 Å². The van der Waals surface area contributed by atoms with Crippen molar-refractivity contribution in [2.75, 3.05) is 7.11 Å². The molecule has 0 spiro atoms. The molecule has 9 heteroatoms. The minimum atomic E-state index is -1.45. The molecule has 0 radical (unpaired) electrons. The van der Waals surface area contributed by atoms with Gasteiger partial charge < -0.3 is 19.2 Å². The van der Waals surface area contributed by atoms with Gasteiger partial charge in [-0.2, -0.15) is 0 Å². The Morgan fingerprint density at radius 3 is 2.83 bits per heavy atom. The summed E-state index contributed by atoms with van der Waals surface area (Å²) >= 11 is 0. The van der Waals surface area contributed by atoms with E-state index in [2.05, 4.69) is 19.5 Å². The number of ether oxygens (including phenoxy) is 1. The average molecular weight is 429 g/mol. The van der Waals surface area contributed by atoms with Crippen LogP contribution < -0.4 is 10.6 Å². The summed E-state index contributed by atoms with van der Waals surface area (Å²) in [7, 11) is 3.89. The highest BCUT2D eigenvalue weighted by Crippen LogP contribution is 2.37. The van der Waals surface area contributed by atoms with E-state index in [9.17, 15) is 19.1 Å². The van der Waals surface area contributed by atoms with E-state index in [1.165, 1.54) is 13.2 Å². The number of aliphatic hydroxyl groups is 1. The van der Waals surface area contributed by atoms with Crippen molar-refractivity contribution >= 4 is 26.6 Å². The van der Waals surface area contributed by atoms with Gasteiger partial charge in [-0.05, 0) is 30.2 Å². The van der Waals surface area contributed by atoms with Crippen LogP contribution in [0.5, 0.6) is 0 Å². The lowest BCUT2D eigenvalue weighted by Crippen LogP contribution is -2.26. The molecule has 1 aromatic carbocycles. The first-order valence-corrected chi connectivity index (χ1v) is 9.93. The van der Waals surface area contributed by atoms with Gasteiger partial charge in [0.2, 0.25) is 0 Å². The van der Waals surface area contributed by atoms with Crippen LogP contribution in [-0.4, -0.2) is 28.1 Å². The number of aromatic nitrogens is 2. The smallest absolute Gasteiger partial charge is 0.257 e. The van der Waals surface area contributed by atoms with E-state index in [1.807, 2.05) is 0 Å². The number of aryl methyl sites for hydroxylation is 1. The number of hydrogen-bond acceptors (Lipinski definition) is 6. The van der Waals surface area contributed by atoms with Crippen molar-refractivity contribution in [2.45, 2.75) is 32.7 Å². The lowest BCUT2D eigenvalue weighted by Gasteiger charge is -2.14. The Morgan fingerprint density at radius 1 is 1.40 bits per heavy atom. The first-order valence-electron chi connectivity index (χ1n) is 9.35. The van der Waals surface area contributed by atoms with Crippen molar-refractivity contribution in [1.82, 2.24) is 14.6 Å². The maximum Gasteiger partial charge on any atom is 0.257 e. The molecule has 4 rings (SSSR count). The zero-order valence-electron chi connectivity index (χ0n) is 16.5. The molecular weight excluding hydrogens is 408 g/mol. The van der Waals surface area contributed by atoms with Crippen LogP contribution in [0, 0.1) is 12.7 Å². The number of methoxy groups -OCH3 is 1. The van der Waals surface area contributed by atoms with Gasteiger partial charge >= 0.3 is 0 Å². The number of nitrogens with one attached hydrogen (secondary N) is 1. The number of carbonyl (C=O) groups excluding carboxylic acids is 1. The summed E-state index contributed by atoms with van der Waals surface area (Å²) in [6, 6.07) is 4.75. The molecule has 2 atom stereocenters. The zero-order chi connectivity index (χ0) is 21.6. The fraction of sp³-hybridized carbons (Fsp3) is 0.286. The molecule has 1 aliphatic heterocycles. The lowest BCUT2D eigenvalue weighted by molar-refractivity contribution is -0.115. The Morgan fingerprint density at radius 2 is 2.17 bits per heavy atom. The molecule has 2 aromatic heterocycles. The van der Waals surface area contributed by atoms with E-state index < -0.39 is 6.10 Å². The minimum absolute atomic E-state index is 0.0322. The second-order valence-electron chi connectivity index (χ2n) is 7.29. The van der Waals surface area contributed by atoms with E-state index in [0.717, 1.165) is 16.5 Å². The fourth-order valence-corrected chi connectivity index (χ4v) is 4.23. The van der Waals surface area contributed by atoms with Crippen LogP contribution >= 0.6 is 9.39 Å². The van der Waals surface area contributed by atoms with Gasteiger partial charge in [-0.15, -0.1) is 0 Å². The molecule has 30 heavy (non-hydrogen) atoms. The quantitative estimate of drug-likeness (QED) is 0.360. The molecule has 3 heterocycles. The highest BCUT2D eigenvalue weighted by molar-refractivity contribution is 7.13. The Kier molecular flexibility index (Phi) is 5.51. The highest BCUT2D eigenvalue weighted by Gasteiger charge is 2.29. The Hall–Kier alpha value is -2.51. The highest BCUT2D eigenvalue weighted by atomic mass is 31.0. The molecule has 0 fully saturated rings. The Labute approximate surface area is 174 Å². The standard InChI is InChI=1S/C21H21FN3O4P/c1-10-3-11-13(6-23-30)14-7-25-18(20(14)24-17(11)5-16(10)22)4-12(19(27)8-26)15(9-29-2)21(25)28/h3-5,8,19,23,27H,6-7,9,30H2,1-2H3. The number of carbonyl (C=O) groups is 1. The summed E-state index contributed by atoms with van der Waals surface area (Å²) in [5.74, 6) is -0.359. The predicted octanol–water partition coefficient (Wildman–Crippen LogP) is 2.13. The van der Waals surface area contributed by atoms with Gasteiger partial charge in [-0.1, -0.05) is 9.39 Å². The number of fused-ring (bicyclic) bond motifs is 4. The molecule has 0 amide bonds. The number of rotatable bonds is 6. The monoisotopic (exact) mass is 429 g/mol. The normalized spacial score (nSPS) is 13.4. The number of halogens is 1. The molecule has 0 aliphatic carbocycles. The third-order valence-corrected chi connectivity index (χ3v) is 5.70. The molecule has 7 nitrogen and oxygen atoms in total. The summed E-state index contributed by atoms with van der Waals surface area (Å²) in [4.78, 5) is 29.1. The number of pyridine rings is 2. The molecule has 3 aromatic rings. The van der Waals surface area contributed by atoms with Crippen molar-refractivity contribution in [2.24, 2.45) is 0 Å². The molecular formula is C21H21FN3O4P. The summed E-state index contributed by atoms with van der Waals surface area (Å²) < 4.78 is 20.9. The van der Waals surface area contributed by atoms with Gasteiger partial charge in [0.25, 0.3) is 5.56 Å². The van der Waals surface area contributed by atoms with Crippen molar-refractivity contribution in [3.63, 3.8) is 0 Å². The van der Waals surface area contributed by atoms with Crippen LogP contribution in [0.4, 0.5) is 4.39 Å². The van der Waals surface area contributed by atoms with Crippen LogP contribution in [0.15, 0.2) is 23.0 Å². The number of aliphatic hydroxyl groups excluding tert-OH is 1. The predicted molar refractivity (Wildman–Crippen MR) is 114 cm³/mol. The fourth-order valence-electron chi connectivity index (χ4n) is 4.03. The van der Waals surface area contributed by atoms with Gasteiger partial charge in [-0.25, -0.2) is 9.37 Å². The third-order valence-electron chi connectivity index (χ3n) is 5.49. The molecule has 0 saturated carbocycles. The summed E-state index contributed by atoms with van der Waals surface area (Å²) in [6.45, 7) is 2.44. The third kappa shape index (κ3) is 3.17. The number of benzene rings is 1. The number of aldehydes is 1. The number of nitrogens with zero attached hydrogens (tertiary/aromatic N) is 2. The second-order valence-corrected chi connectivity index (χ2v) is 7.69. The maximum absolute atomic E-state index is 14.2. The molecule has 1 aliphatic rings. The summed E-state index contributed by atoms with van der Waals surface area (Å²) in [5, 5.41) is 14.0. The minimum Gasteiger partial charge on any atom is -0.381 e. The maximum atomic E-state index is 14.2. The second kappa shape index (κ2) is 7.96. The van der Waals surface area contributed by atoms with Crippen LogP contribution in [0.2, 0.25) is 0 Å². The van der Waals surface area contributed by atoms with Crippen LogP contribution in [-0.2, 0) is 29.2 Å². The zero-order valence-corrected chi connectivity index (χ0v) is 17.7. The van der Waals surface area contributed by atoms with Crippen LogP contribution in [0.1, 0.15) is 33.9 Å². The van der Waals surface area contributed by atoms with E-state index in [0.29, 0.717) is 41.8 Å². The van der Waals surface area contributed by atoms with Crippen LogP contribution in [0.3, 0.4) is 0 Å². The topological polar surface area (TPSA) is 93.5 Å². The van der Waals surface area contributed by atoms with Gasteiger partial charge in [0.15, 0.2) is 6.29 Å². The average Bonchev–Trinajstić information content (AvgIpc) is 3.09. The number of hydrogen-bond donors (Lipinski definition) is 2. The van der Waals surface area contributed by atoms with Gasteiger partial charge in [0.1, 0.15) is 11.9 Å². The van der Waals surface area contributed by atoms with E-state index in [1.54, 1.807) is 23.6 Å². The van der Waals surface area contributed by atoms with Crippen molar-refractivity contribution in [3.8, 4) is 11.4 Å². The van der Waals surface area contributed by atoms with E-state index in [-0.39, 0.29) is 29.1 Å². The van der Waals surface area contributed by atoms with E-state index in [4.69, 9.17) is 4.74 Å². The van der Waals surface area contributed by atoms with Gasteiger partial charge in [-0.3, -0.25) is 9.88 Å². The lowest BCUT2D eigenvalue weighted by atomic mass is 9.98. The first-order chi connectivity index (χ1) is 14.4. The van der Waals surface area contributed by atoms with Crippen LogP contribution in [0.25, 0.3) is 22.3 Å². The Balaban J connectivity index is 2.05. The van der Waals surface area contributed by atoms with Crippen molar-refractivity contribution in [1.29, 1.82) is 0 Å². The molecule has 2 N–H and O–H groups in total. The SMILES string of the molecule is COCc1c(C(O)C=O)cc2n(c1=O)Cc1c-2nc2cc(F)c(C)cc2c1CNP. The Bertz CT molecular complexity index is 1240. The molecule has 156 valence electrons. The van der Waals surface area contributed by atoms with Gasteiger partial charge in [0.05, 0.1) is 30.1 Å². The first kappa shape index (κ1) is 20.8. The molecule has 0 saturated heterocycles. The van der Waals surface area contributed by atoms with Crippen molar-refractivity contribution in [3.05, 3.63) is 62.2 Å². The molecule has 0 bridgehead atoms. The van der Waals surface area contributed by atoms with E-state index >= 15 is 0 Å².